The van der Waals surface area contributed by atoms with Gasteiger partial charge in [-0.05, 0) is 60.4 Å². The number of halogens is 1. The van der Waals surface area contributed by atoms with E-state index in [0.717, 1.165) is 27.2 Å². The second-order valence-corrected chi connectivity index (χ2v) is 20.4. The molecule has 15 heteroatoms. The van der Waals surface area contributed by atoms with E-state index < -0.39 is 45.4 Å². The molecular weight excluding hydrogens is 816 g/mol. The molecule has 3 amide bonds. The molecule has 7 rings (SSSR count). The number of rotatable bonds is 13. The fourth-order valence-electron chi connectivity index (χ4n) is 7.02. The summed E-state index contributed by atoms with van der Waals surface area (Å²) < 4.78 is 42.1. The molecule has 1 aliphatic heterocycles. The number of carbonyl (C=O) groups is 3. The Hall–Kier alpha value is -4.89. The van der Waals surface area contributed by atoms with Gasteiger partial charge in [-0.2, -0.15) is 0 Å². The highest BCUT2D eigenvalue weighted by Gasteiger charge is 2.61. The van der Waals surface area contributed by atoms with Crippen LogP contribution in [-0.2, 0) is 24.4 Å². The summed E-state index contributed by atoms with van der Waals surface area (Å²) in [5, 5.41) is 4.17. The maximum Gasteiger partial charge on any atom is 0.273 e. The number of amides is 3. The van der Waals surface area contributed by atoms with Gasteiger partial charge < -0.3 is 19.7 Å². The number of thiophene rings is 1. The fourth-order valence-corrected chi connectivity index (χ4v) is 10.7. The summed E-state index contributed by atoms with van der Waals surface area (Å²) in [6.45, 7) is 9.77. The minimum Gasteiger partial charge on any atom is -0.497 e. The molecule has 3 aromatic carbocycles. The standard InChI is InChI=1S/C43H43ClN4O7S3/c1-6-27-23-43(27,41(51)47-58(52,53)39-19-18-38(57-39)56-31-15-12-28(44)13-16-31)46-40(50)35-21-30(25-48(35)37(49)24-42(2,3)4)55-36-22-33(26-10-8-7-9-11-26)45-34-20-29(54-5)14-17-32(34)36/h6-20,22,27,30,35H,1,21,23-25H2,2-5H3,(H,46,50)(H,47,51). The van der Waals surface area contributed by atoms with Crippen molar-refractivity contribution in [2.24, 2.45) is 11.3 Å². The molecule has 2 aromatic heterocycles. The first-order chi connectivity index (χ1) is 27.6. The number of ether oxygens (including phenoxy) is 2. The monoisotopic (exact) mass is 858 g/mol. The number of fused-ring (bicyclic) bond motifs is 1. The lowest BCUT2D eigenvalue weighted by Gasteiger charge is -2.28. The maximum atomic E-state index is 14.3. The zero-order valence-electron chi connectivity index (χ0n) is 32.4. The third kappa shape index (κ3) is 9.05. The number of nitrogens with zero attached hydrogens (tertiary/aromatic N) is 2. The summed E-state index contributed by atoms with van der Waals surface area (Å²) in [6.07, 6.45) is 1.35. The van der Waals surface area contributed by atoms with Gasteiger partial charge >= 0.3 is 0 Å². The molecule has 4 atom stereocenters. The zero-order valence-corrected chi connectivity index (χ0v) is 35.6. The third-order valence-corrected chi connectivity index (χ3v) is 14.3. The average molecular weight is 859 g/mol. The summed E-state index contributed by atoms with van der Waals surface area (Å²) >= 11 is 8.38. The van der Waals surface area contributed by atoms with Crippen LogP contribution in [0.25, 0.3) is 22.2 Å². The molecule has 58 heavy (non-hydrogen) atoms. The Morgan fingerprint density at radius 2 is 1.79 bits per heavy atom. The molecular formula is C43H43ClN4O7S3. The van der Waals surface area contributed by atoms with Gasteiger partial charge in [0.25, 0.3) is 15.9 Å². The Morgan fingerprint density at radius 3 is 2.47 bits per heavy atom. The van der Waals surface area contributed by atoms with Crippen molar-refractivity contribution in [2.75, 3.05) is 13.7 Å². The van der Waals surface area contributed by atoms with E-state index in [9.17, 15) is 22.8 Å². The molecule has 4 unspecified atom stereocenters. The number of sulfonamides is 1. The summed E-state index contributed by atoms with van der Waals surface area (Å²) in [6, 6.07) is 26.3. The summed E-state index contributed by atoms with van der Waals surface area (Å²) in [5.74, 6) is -1.08. The lowest BCUT2D eigenvalue weighted by molar-refractivity contribution is -0.141. The van der Waals surface area contributed by atoms with Crippen LogP contribution >= 0.6 is 34.7 Å². The first-order valence-electron chi connectivity index (χ1n) is 18.6. The predicted molar refractivity (Wildman–Crippen MR) is 227 cm³/mol. The Kier molecular flexibility index (Phi) is 11.7. The SMILES string of the molecule is C=CC1CC1(NC(=O)C1CC(Oc2cc(-c3ccccc3)nc3cc(OC)ccc23)CN1C(=O)CC(C)(C)C)C(=O)NS(=O)(=O)c1ccc(Sc2ccc(Cl)cc2)s1. The van der Waals surface area contributed by atoms with E-state index in [4.69, 9.17) is 26.1 Å². The van der Waals surface area contributed by atoms with Crippen LogP contribution in [0.5, 0.6) is 11.5 Å². The molecule has 1 saturated carbocycles. The molecule has 0 spiro atoms. The molecule has 5 aromatic rings. The molecule has 1 aliphatic carbocycles. The molecule has 2 fully saturated rings. The molecule has 0 bridgehead atoms. The van der Waals surface area contributed by atoms with Crippen LogP contribution < -0.4 is 19.5 Å². The van der Waals surface area contributed by atoms with Crippen LogP contribution in [0.2, 0.25) is 5.02 Å². The van der Waals surface area contributed by atoms with Crippen LogP contribution in [-0.4, -0.2) is 67.4 Å². The van der Waals surface area contributed by atoms with Crippen molar-refractivity contribution >= 4 is 73.3 Å². The van der Waals surface area contributed by atoms with Crippen LogP contribution in [0.15, 0.2) is 117 Å². The van der Waals surface area contributed by atoms with Crippen LogP contribution in [0.1, 0.15) is 40.0 Å². The van der Waals surface area contributed by atoms with Crippen LogP contribution in [0.4, 0.5) is 0 Å². The van der Waals surface area contributed by atoms with E-state index in [-0.39, 0.29) is 41.3 Å². The Morgan fingerprint density at radius 1 is 1.05 bits per heavy atom. The number of nitrogens with one attached hydrogen (secondary N) is 2. The van der Waals surface area contributed by atoms with Crippen molar-refractivity contribution in [2.45, 2.75) is 71.0 Å². The van der Waals surface area contributed by atoms with Gasteiger partial charge in [0.05, 0.1) is 29.1 Å². The van der Waals surface area contributed by atoms with Crippen molar-refractivity contribution in [3.05, 3.63) is 109 Å². The quantitative estimate of drug-likeness (QED) is 0.112. The van der Waals surface area contributed by atoms with Crippen molar-refractivity contribution in [3.8, 4) is 22.8 Å². The van der Waals surface area contributed by atoms with E-state index >= 15 is 0 Å². The number of aromatic nitrogens is 1. The molecule has 3 heterocycles. The number of methoxy groups -OCH3 is 1. The number of benzene rings is 3. The molecule has 302 valence electrons. The van der Waals surface area contributed by atoms with Crippen molar-refractivity contribution in [1.29, 1.82) is 0 Å². The van der Waals surface area contributed by atoms with Crippen LogP contribution in [0.3, 0.4) is 0 Å². The zero-order chi connectivity index (χ0) is 41.4. The fraction of sp³-hybridized carbons (Fsp3) is 0.302. The van der Waals surface area contributed by atoms with Gasteiger partial charge in [0, 0.05) is 51.8 Å². The lowest BCUT2D eigenvalue weighted by atomic mass is 9.91. The second kappa shape index (κ2) is 16.4. The first kappa shape index (κ1) is 41.3. The average Bonchev–Trinajstić information content (AvgIpc) is 3.45. The summed E-state index contributed by atoms with van der Waals surface area (Å²) in [7, 11) is -2.72. The number of likely N-dealkylation sites (tertiary alicyclic amines) is 1. The smallest absolute Gasteiger partial charge is 0.273 e. The minimum absolute atomic E-state index is 0.0539. The Balaban J connectivity index is 1.12. The van der Waals surface area contributed by atoms with Gasteiger partial charge in [0.15, 0.2) is 0 Å². The number of hydrogen-bond acceptors (Lipinski definition) is 10. The van der Waals surface area contributed by atoms with Gasteiger partial charge in [0.2, 0.25) is 11.8 Å². The minimum atomic E-state index is -4.30. The van der Waals surface area contributed by atoms with Crippen molar-refractivity contribution in [1.82, 2.24) is 19.9 Å². The van der Waals surface area contributed by atoms with E-state index in [1.165, 1.54) is 28.8 Å². The van der Waals surface area contributed by atoms with Gasteiger partial charge in [-0.15, -0.1) is 17.9 Å². The van der Waals surface area contributed by atoms with E-state index in [1.54, 1.807) is 25.3 Å². The largest absolute Gasteiger partial charge is 0.497 e. The maximum absolute atomic E-state index is 14.3. The Labute approximate surface area is 351 Å². The number of carbonyl (C=O) groups excluding carboxylic acids is 3. The Bertz CT molecular complexity index is 2490. The number of pyridine rings is 1. The topological polar surface area (TPSA) is 144 Å². The highest BCUT2D eigenvalue weighted by molar-refractivity contribution is 8.01. The highest BCUT2D eigenvalue weighted by atomic mass is 35.5. The van der Waals surface area contributed by atoms with Gasteiger partial charge in [-0.3, -0.25) is 14.4 Å². The molecule has 2 aliphatic rings. The van der Waals surface area contributed by atoms with Gasteiger partial charge in [-0.25, -0.2) is 18.1 Å². The summed E-state index contributed by atoms with van der Waals surface area (Å²) in [4.78, 5) is 49.4. The van der Waals surface area contributed by atoms with Crippen LogP contribution in [0, 0.1) is 11.3 Å². The molecule has 1 saturated heterocycles. The highest BCUT2D eigenvalue weighted by Crippen LogP contribution is 2.46. The van der Waals surface area contributed by atoms with Crippen molar-refractivity contribution in [3.63, 3.8) is 0 Å². The van der Waals surface area contributed by atoms with E-state index in [1.807, 2.05) is 87.5 Å². The molecule has 11 nitrogen and oxygen atoms in total. The van der Waals surface area contributed by atoms with Gasteiger partial charge in [0.1, 0.15) is 33.4 Å². The third-order valence-electron chi connectivity index (χ3n) is 10.0. The number of hydrogen-bond donors (Lipinski definition) is 2. The predicted octanol–water partition coefficient (Wildman–Crippen LogP) is 8.13. The van der Waals surface area contributed by atoms with Crippen molar-refractivity contribution < 1.29 is 32.3 Å². The van der Waals surface area contributed by atoms with Gasteiger partial charge in [-0.1, -0.05) is 80.5 Å². The lowest BCUT2D eigenvalue weighted by Crippen LogP contribution is -2.56. The normalized spacial score (nSPS) is 20.4. The molecule has 0 radical (unpaired) electrons. The first-order valence-corrected chi connectivity index (χ1v) is 22.1. The second-order valence-electron chi connectivity index (χ2n) is 15.6. The van der Waals surface area contributed by atoms with E-state index in [2.05, 4.69) is 16.6 Å². The summed E-state index contributed by atoms with van der Waals surface area (Å²) in [5.41, 5.74) is 0.250. The van der Waals surface area contributed by atoms with E-state index in [0.29, 0.717) is 31.9 Å². The molecule has 2 N–H and O–H groups in total.